The minimum atomic E-state index is -1.11. The number of ether oxygens (including phenoxy) is 1. The van der Waals surface area contributed by atoms with Gasteiger partial charge in [0.1, 0.15) is 12.9 Å². The van der Waals surface area contributed by atoms with Crippen LogP contribution in [0.2, 0.25) is 25.7 Å². The molecule has 0 unspecified atom stereocenters. The molecule has 2 aromatic heterocycles. The van der Waals surface area contributed by atoms with Crippen molar-refractivity contribution < 1.29 is 9.66 Å². The van der Waals surface area contributed by atoms with E-state index in [-0.39, 0.29) is 5.82 Å². The molecule has 0 aromatic carbocycles. The molecule has 0 bridgehead atoms. The molecule has 0 amide bonds. The van der Waals surface area contributed by atoms with Crippen LogP contribution in [0.15, 0.2) is 18.3 Å². The molecule has 25 heavy (non-hydrogen) atoms. The van der Waals surface area contributed by atoms with Crippen molar-refractivity contribution >= 4 is 13.9 Å². The Labute approximate surface area is 149 Å². The van der Waals surface area contributed by atoms with Crippen molar-refractivity contribution in [2.75, 3.05) is 6.61 Å². The number of aromatic nitrogens is 3. The third-order valence-electron chi connectivity index (χ3n) is 4.00. The molecule has 0 aliphatic heterocycles. The van der Waals surface area contributed by atoms with Crippen molar-refractivity contribution in [3.8, 4) is 11.1 Å². The van der Waals surface area contributed by atoms with Gasteiger partial charge in [0, 0.05) is 37.6 Å². The van der Waals surface area contributed by atoms with E-state index in [0.29, 0.717) is 6.73 Å². The largest absolute Gasteiger partial charge is 0.363 e. The molecule has 0 saturated heterocycles. The molecule has 0 atom stereocenters. The quantitative estimate of drug-likeness (QED) is 0.306. The molecule has 2 rings (SSSR count). The lowest BCUT2D eigenvalue weighted by atomic mass is 10.0. The van der Waals surface area contributed by atoms with Crippen molar-refractivity contribution in [1.82, 2.24) is 14.8 Å². The van der Waals surface area contributed by atoms with Crippen LogP contribution >= 0.6 is 0 Å². The van der Waals surface area contributed by atoms with Crippen molar-refractivity contribution in [3.05, 3.63) is 39.8 Å². The van der Waals surface area contributed by atoms with Crippen LogP contribution in [0.3, 0.4) is 0 Å². The molecule has 0 N–H and O–H groups in total. The summed E-state index contributed by atoms with van der Waals surface area (Å²) in [5.41, 5.74) is 3.76. The average Bonchev–Trinajstić information content (AvgIpc) is 2.86. The van der Waals surface area contributed by atoms with Gasteiger partial charge in [0.15, 0.2) is 0 Å². The zero-order chi connectivity index (χ0) is 18.6. The van der Waals surface area contributed by atoms with Gasteiger partial charge in [0.2, 0.25) is 0 Å². The van der Waals surface area contributed by atoms with Crippen LogP contribution in [-0.4, -0.2) is 34.4 Å². The second-order valence-electron chi connectivity index (χ2n) is 7.27. The summed E-state index contributed by atoms with van der Waals surface area (Å²) in [6.45, 7) is 12.1. The van der Waals surface area contributed by atoms with Crippen LogP contribution in [0.1, 0.15) is 18.3 Å². The van der Waals surface area contributed by atoms with Gasteiger partial charge >= 0.3 is 5.82 Å². The molecule has 2 heterocycles. The maximum atomic E-state index is 10.8. The molecule has 7 nitrogen and oxygen atoms in total. The van der Waals surface area contributed by atoms with Gasteiger partial charge in [-0.1, -0.05) is 26.6 Å². The first-order valence-corrected chi connectivity index (χ1v) is 12.2. The zero-order valence-electron chi connectivity index (χ0n) is 15.6. The number of pyridine rings is 1. The lowest BCUT2D eigenvalue weighted by Gasteiger charge is -2.15. The second-order valence-corrected chi connectivity index (χ2v) is 12.9. The van der Waals surface area contributed by atoms with E-state index in [4.69, 9.17) is 4.74 Å². The SMILES string of the molecule is CCc1c(-c2ccc([N+](=O)[O-])nc2)c(C)nn1COCC[Si](C)(C)C. The third-order valence-corrected chi connectivity index (χ3v) is 5.71. The van der Waals surface area contributed by atoms with Crippen LogP contribution < -0.4 is 0 Å². The summed E-state index contributed by atoms with van der Waals surface area (Å²) in [6, 6.07) is 4.27. The maximum Gasteiger partial charge on any atom is 0.363 e. The van der Waals surface area contributed by atoms with Gasteiger partial charge in [-0.2, -0.15) is 5.10 Å². The molecule has 0 fully saturated rings. The number of rotatable bonds is 8. The normalized spacial score (nSPS) is 11.7. The molecule has 8 heteroatoms. The van der Waals surface area contributed by atoms with Gasteiger partial charge in [-0.15, -0.1) is 0 Å². The van der Waals surface area contributed by atoms with Crippen molar-refractivity contribution in [2.24, 2.45) is 0 Å². The highest BCUT2D eigenvalue weighted by atomic mass is 28.3. The Kier molecular flexibility index (Phi) is 6.07. The average molecular weight is 363 g/mol. The van der Waals surface area contributed by atoms with E-state index >= 15 is 0 Å². The van der Waals surface area contributed by atoms with Crippen LogP contribution in [-0.2, 0) is 17.9 Å². The fourth-order valence-corrected chi connectivity index (χ4v) is 3.40. The molecule has 0 aliphatic rings. The fourth-order valence-electron chi connectivity index (χ4n) is 2.64. The lowest BCUT2D eigenvalue weighted by molar-refractivity contribution is -0.389. The highest BCUT2D eigenvalue weighted by molar-refractivity contribution is 6.76. The van der Waals surface area contributed by atoms with Gasteiger partial charge in [0.05, 0.1) is 5.69 Å². The minimum Gasteiger partial charge on any atom is -0.360 e. The summed E-state index contributed by atoms with van der Waals surface area (Å²) < 4.78 is 7.71. The Hall–Kier alpha value is -2.06. The van der Waals surface area contributed by atoms with E-state index in [2.05, 4.69) is 36.6 Å². The van der Waals surface area contributed by atoms with E-state index in [1.807, 2.05) is 11.6 Å². The number of hydrogen-bond donors (Lipinski definition) is 0. The molecule has 0 aliphatic carbocycles. The Morgan fingerprint density at radius 2 is 2.04 bits per heavy atom. The van der Waals surface area contributed by atoms with Crippen LogP contribution in [0.4, 0.5) is 5.82 Å². The van der Waals surface area contributed by atoms with Crippen LogP contribution in [0, 0.1) is 17.0 Å². The molecule has 2 aromatic rings. The highest BCUT2D eigenvalue weighted by Crippen LogP contribution is 2.28. The predicted octanol–water partition coefficient (Wildman–Crippen LogP) is 4.04. The highest BCUT2D eigenvalue weighted by Gasteiger charge is 2.18. The molecule has 0 spiro atoms. The summed E-state index contributed by atoms with van der Waals surface area (Å²) >= 11 is 0. The number of hydrogen-bond acceptors (Lipinski definition) is 5. The first-order chi connectivity index (χ1) is 11.7. The zero-order valence-corrected chi connectivity index (χ0v) is 16.6. The third kappa shape index (κ3) is 4.96. The topological polar surface area (TPSA) is 83.1 Å². The second kappa shape index (κ2) is 7.88. The summed E-state index contributed by atoms with van der Waals surface area (Å²) in [7, 11) is -1.11. The van der Waals surface area contributed by atoms with Crippen molar-refractivity contribution in [3.63, 3.8) is 0 Å². The Balaban J connectivity index is 2.19. The Morgan fingerprint density at radius 3 is 2.56 bits per heavy atom. The lowest BCUT2D eigenvalue weighted by Crippen LogP contribution is -2.22. The van der Waals surface area contributed by atoms with Gasteiger partial charge in [-0.3, -0.25) is 0 Å². The first-order valence-electron chi connectivity index (χ1n) is 8.47. The molecular weight excluding hydrogens is 336 g/mol. The smallest absolute Gasteiger partial charge is 0.360 e. The molecule has 136 valence electrons. The van der Waals surface area contributed by atoms with E-state index in [1.54, 1.807) is 6.07 Å². The van der Waals surface area contributed by atoms with Crippen LogP contribution in [0.25, 0.3) is 11.1 Å². The number of nitro groups is 1. The van der Waals surface area contributed by atoms with Crippen LogP contribution in [0.5, 0.6) is 0 Å². The standard InChI is InChI=1S/C17H26N4O3Si/c1-6-15-17(14-7-8-16(18-11-14)21(22)23)13(2)19-20(15)12-24-9-10-25(3,4)5/h7-8,11H,6,9-10,12H2,1-5H3. The Morgan fingerprint density at radius 1 is 1.32 bits per heavy atom. The minimum absolute atomic E-state index is 0.151. The van der Waals surface area contributed by atoms with Gasteiger partial charge in [-0.05, 0) is 35.4 Å². The fraction of sp³-hybridized carbons (Fsp3) is 0.529. The molecule has 0 radical (unpaired) electrons. The van der Waals surface area contributed by atoms with Gasteiger partial charge in [-0.25, -0.2) is 4.68 Å². The number of aryl methyl sites for hydroxylation is 1. The van der Waals surface area contributed by atoms with E-state index in [1.165, 1.54) is 12.3 Å². The van der Waals surface area contributed by atoms with Gasteiger partial charge in [0.25, 0.3) is 0 Å². The predicted molar refractivity (Wildman–Crippen MR) is 100 cm³/mol. The van der Waals surface area contributed by atoms with E-state index < -0.39 is 13.0 Å². The number of nitrogens with zero attached hydrogens (tertiary/aromatic N) is 4. The van der Waals surface area contributed by atoms with E-state index in [9.17, 15) is 10.1 Å². The van der Waals surface area contributed by atoms with E-state index in [0.717, 1.165) is 41.6 Å². The monoisotopic (exact) mass is 362 g/mol. The Bertz CT molecular complexity index is 736. The van der Waals surface area contributed by atoms with Gasteiger partial charge < -0.3 is 14.9 Å². The summed E-state index contributed by atoms with van der Waals surface area (Å²) in [5, 5.41) is 15.4. The van der Waals surface area contributed by atoms with Crippen molar-refractivity contribution in [1.29, 1.82) is 0 Å². The molecule has 0 saturated carbocycles. The maximum absolute atomic E-state index is 10.8. The summed E-state index contributed by atoms with van der Waals surface area (Å²) in [6.07, 6.45) is 2.34. The molecular formula is C17H26N4O3Si. The first kappa shape index (κ1) is 19.3. The summed E-state index contributed by atoms with van der Waals surface area (Å²) in [5.74, 6) is -0.151. The summed E-state index contributed by atoms with van der Waals surface area (Å²) in [4.78, 5) is 14.2. The van der Waals surface area contributed by atoms with Crippen molar-refractivity contribution in [2.45, 2.75) is 52.7 Å².